The SMILES string of the molecule is Cc1ccc(F)cc1CC(N)c1nccn1C. The molecule has 0 bridgehead atoms. The van der Waals surface area contributed by atoms with Crippen molar-refractivity contribution in [2.45, 2.75) is 19.4 Å². The first-order chi connectivity index (χ1) is 8.08. The third-order valence-electron chi connectivity index (χ3n) is 2.94. The maximum absolute atomic E-state index is 13.2. The highest BCUT2D eigenvalue weighted by Gasteiger charge is 2.13. The van der Waals surface area contributed by atoms with Gasteiger partial charge in [-0.3, -0.25) is 0 Å². The molecule has 17 heavy (non-hydrogen) atoms. The van der Waals surface area contributed by atoms with Crippen molar-refractivity contribution in [2.75, 3.05) is 0 Å². The van der Waals surface area contributed by atoms with Crippen molar-refractivity contribution in [1.82, 2.24) is 9.55 Å². The molecular formula is C13H16FN3. The molecule has 0 fully saturated rings. The monoisotopic (exact) mass is 233 g/mol. The lowest BCUT2D eigenvalue weighted by Crippen LogP contribution is -2.18. The molecular weight excluding hydrogens is 217 g/mol. The van der Waals surface area contributed by atoms with E-state index >= 15 is 0 Å². The third-order valence-corrected chi connectivity index (χ3v) is 2.94. The van der Waals surface area contributed by atoms with Crippen LogP contribution in [0.3, 0.4) is 0 Å². The van der Waals surface area contributed by atoms with Crippen LogP contribution in [0.4, 0.5) is 4.39 Å². The molecule has 0 aliphatic carbocycles. The Morgan fingerprint density at radius 2 is 2.24 bits per heavy atom. The fraction of sp³-hybridized carbons (Fsp3) is 0.308. The number of hydrogen-bond donors (Lipinski definition) is 1. The minimum absolute atomic E-state index is 0.213. The highest BCUT2D eigenvalue weighted by atomic mass is 19.1. The standard InChI is InChI=1S/C13H16FN3/c1-9-3-4-11(14)7-10(9)8-12(15)13-16-5-6-17(13)2/h3-7,12H,8,15H2,1-2H3. The fourth-order valence-electron chi connectivity index (χ4n) is 1.92. The molecule has 4 heteroatoms. The number of aromatic nitrogens is 2. The number of halogens is 1. The van der Waals surface area contributed by atoms with E-state index in [1.807, 2.05) is 24.7 Å². The van der Waals surface area contributed by atoms with E-state index < -0.39 is 0 Å². The van der Waals surface area contributed by atoms with Gasteiger partial charge in [-0.25, -0.2) is 9.37 Å². The Bertz CT molecular complexity index is 519. The summed E-state index contributed by atoms with van der Waals surface area (Å²) in [7, 11) is 1.90. The van der Waals surface area contributed by atoms with Gasteiger partial charge in [-0.15, -0.1) is 0 Å². The number of hydrogen-bond acceptors (Lipinski definition) is 2. The highest BCUT2D eigenvalue weighted by Crippen LogP contribution is 2.18. The molecule has 2 N–H and O–H groups in total. The van der Waals surface area contributed by atoms with Crippen molar-refractivity contribution in [3.05, 3.63) is 53.4 Å². The van der Waals surface area contributed by atoms with Gasteiger partial charge in [-0.05, 0) is 36.6 Å². The topological polar surface area (TPSA) is 43.8 Å². The molecule has 0 amide bonds. The van der Waals surface area contributed by atoms with E-state index in [1.54, 1.807) is 12.3 Å². The van der Waals surface area contributed by atoms with Crippen molar-refractivity contribution >= 4 is 0 Å². The van der Waals surface area contributed by atoms with Crippen LogP contribution in [0.2, 0.25) is 0 Å². The van der Waals surface area contributed by atoms with E-state index in [0.29, 0.717) is 6.42 Å². The molecule has 2 rings (SSSR count). The molecule has 0 spiro atoms. The molecule has 0 saturated carbocycles. The lowest BCUT2D eigenvalue weighted by atomic mass is 10.0. The Morgan fingerprint density at radius 3 is 2.88 bits per heavy atom. The summed E-state index contributed by atoms with van der Waals surface area (Å²) in [6.45, 7) is 1.96. The van der Waals surface area contributed by atoms with Gasteiger partial charge < -0.3 is 10.3 Å². The maximum atomic E-state index is 13.2. The normalized spacial score (nSPS) is 12.7. The van der Waals surface area contributed by atoms with Crippen molar-refractivity contribution in [3.8, 4) is 0 Å². The second-order valence-electron chi connectivity index (χ2n) is 4.28. The van der Waals surface area contributed by atoms with Crippen LogP contribution in [0.15, 0.2) is 30.6 Å². The lowest BCUT2D eigenvalue weighted by molar-refractivity contribution is 0.609. The van der Waals surface area contributed by atoms with Gasteiger partial charge in [0.25, 0.3) is 0 Å². The summed E-state index contributed by atoms with van der Waals surface area (Å²) in [5.41, 5.74) is 8.07. The van der Waals surface area contributed by atoms with Gasteiger partial charge in [0.2, 0.25) is 0 Å². The van der Waals surface area contributed by atoms with Gasteiger partial charge in [0.05, 0.1) is 6.04 Å². The van der Waals surface area contributed by atoms with E-state index in [1.165, 1.54) is 12.1 Å². The summed E-state index contributed by atoms with van der Waals surface area (Å²) < 4.78 is 15.0. The predicted molar refractivity (Wildman–Crippen MR) is 65.0 cm³/mol. The molecule has 0 aliphatic heterocycles. The molecule has 3 nitrogen and oxygen atoms in total. The van der Waals surface area contributed by atoms with Crippen LogP contribution in [0.5, 0.6) is 0 Å². The lowest BCUT2D eigenvalue weighted by Gasteiger charge is -2.13. The zero-order chi connectivity index (χ0) is 12.4. The molecule has 1 atom stereocenters. The molecule has 1 aromatic heterocycles. The molecule has 90 valence electrons. The smallest absolute Gasteiger partial charge is 0.125 e. The number of aryl methyl sites for hydroxylation is 2. The minimum Gasteiger partial charge on any atom is -0.337 e. The second-order valence-corrected chi connectivity index (χ2v) is 4.28. The summed E-state index contributed by atoms with van der Waals surface area (Å²) >= 11 is 0. The highest BCUT2D eigenvalue weighted by molar-refractivity contribution is 5.28. The summed E-state index contributed by atoms with van der Waals surface area (Å²) in [6, 6.07) is 4.56. The quantitative estimate of drug-likeness (QED) is 0.882. The molecule has 0 radical (unpaired) electrons. The first-order valence-electron chi connectivity index (χ1n) is 5.55. The van der Waals surface area contributed by atoms with E-state index in [4.69, 9.17) is 5.73 Å². The van der Waals surface area contributed by atoms with Crippen molar-refractivity contribution < 1.29 is 4.39 Å². The Balaban J connectivity index is 2.21. The molecule has 1 aromatic carbocycles. The van der Waals surface area contributed by atoms with E-state index in [2.05, 4.69) is 4.98 Å². The van der Waals surface area contributed by atoms with Crippen LogP contribution >= 0.6 is 0 Å². The summed E-state index contributed by atoms with van der Waals surface area (Å²) in [4.78, 5) is 4.21. The minimum atomic E-state index is -0.224. The number of nitrogens with two attached hydrogens (primary N) is 1. The van der Waals surface area contributed by atoms with Crippen LogP contribution < -0.4 is 5.73 Å². The van der Waals surface area contributed by atoms with Crippen LogP contribution in [0, 0.1) is 12.7 Å². The van der Waals surface area contributed by atoms with Crippen molar-refractivity contribution in [2.24, 2.45) is 12.8 Å². The number of nitrogens with zero attached hydrogens (tertiary/aromatic N) is 2. The summed E-state index contributed by atoms with van der Waals surface area (Å²) in [5.74, 6) is 0.589. The first kappa shape index (κ1) is 11.8. The number of benzene rings is 1. The first-order valence-corrected chi connectivity index (χ1v) is 5.55. The van der Waals surface area contributed by atoms with Gasteiger partial charge in [0.15, 0.2) is 0 Å². The molecule has 0 saturated heterocycles. The van der Waals surface area contributed by atoms with Crippen molar-refractivity contribution in [1.29, 1.82) is 0 Å². The number of imidazole rings is 1. The van der Waals surface area contributed by atoms with Gasteiger partial charge in [0.1, 0.15) is 11.6 Å². The zero-order valence-electron chi connectivity index (χ0n) is 10.0. The largest absolute Gasteiger partial charge is 0.337 e. The van der Waals surface area contributed by atoms with Crippen LogP contribution in [0.25, 0.3) is 0 Å². The molecule has 1 heterocycles. The molecule has 2 aromatic rings. The Morgan fingerprint density at radius 1 is 1.47 bits per heavy atom. The fourth-order valence-corrected chi connectivity index (χ4v) is 1.92. The van der Waals surface area contributed by atoms with E-state index in [0.717, 1.165) is 17.0 Å². The molecule has 0 aliphatic rings. The average molecular weight is 233 g/mol. The molecule has 1 unspecified atom stereocenters. The van der Waals surface area contributed by atoms with Gasteiger partial charge >= 0.3 is 0 Å². The van der Waals surface area contributed by atoms with Crippen LogP contribution in [-0.2, 0) is 13.5 Å². The van der Waals surface area contributed by atoms with Crippen LogP contribution in [0.1, 0.15) is 23.0 Å². The number of rotatable bonds is 3. The summed E-state index contributed by atoms with van der Waals surface area (Å²) in [6.07, 6.45) is 4.16. The third kappa shape index (κ3) is 2.53. The van der Waals surface area contributed by atoms with E-state index in [-0.39, 0.29) is 11.9 Å². The van der Waals surface area contributed by atoms with Gasteiger partial charge in [0, 0.05) is 19.4 Å². The Hall–Kier alpha value is -1.68. The van der Waals surface area contributed by atoms with Gasteiger partial charge in [-0.2, -0.15) is 0 Å². The Labute approximate surface area is 100 Å². The van der Waals surface area contributed by atoms with Crippen LogP contribution in [-0.4, -0.2) is 9.55 Å². The van der Waals surface area contributed by atoms with Crippen molar-refractivity contribution in [3.63, 3.8) is 0 Å². The summed E-state index contributed by atoms with van der Waals surface area (Å²) in [5, 5.41) is 0. The predicted octanol–water partition coefficient (Wildman–Crippen LogP) is 2.11. The van der Waals surface area contributed by atoms with E-state index in [9.17, 15) is 4.39 Å². The Kier molecular flexibility index (Phi) is 3.24. The average Bonchev–Trinajstić information content (AvgIpc) is 2.70. The zero-order valence-corrected chi connectivity index (χ0v) is 10.0. The maximum Gasteiger partial charge on any atom is 0.125 e. The second kappa shape index (κ2) is 4.67. The van der Waals surface area contributed by atoms with Gasteiger partial charge in [-0.1, -0.05) is 6.07 Å².